The molecule has 1 aromatic rings. The number of nitrogens with two attached hydrogens (primary N) is 1. The van der Waals surface area contributed by atoms with Gasteiger partial charge in [-0.25, -0.2) is 18.4 Å². The van der Waals surface area contributed by atoms with E-state index in [0.717, 1.165) is 11.3 Å². The summed E-state index contributed by atoms with van der Waals surface area (Å²) in [4.78, 5) is 23.4. The van der Waals surface area contributed by atoms with Gasteiger partial charge in [0.1, 0.15) is 10.3 Å². The molecular formula is C12H18N2O5S2. The predicted octanol–water partition coefficient (Wildman–Crippen LogP) is 0.933. The summed E-state index contributed by atoms with van der Waals surface area (Å²) in [5.74, 6) is -1.64. The van der Waals surface area contributed by atoms with E-state index in [0.29, 0.717) is 5.56 Å². The third-order valence-corrected chi connectivity index (χ3v) is 5.35. The van der Waals surface area contributed by atoms with Crippen molar-refractivity contribution in [2.24, 2.45) is 11.1 Å². The molecule has 0 aromatic carbocycles. The van der Waals surface area contributed by atoms with Gasteiger partial charge in [0.15, 0.2) is 0 Å². The van der Waals surface area contributed by atoms with Crippen LogP contribution in [0.2, 0.25) is 0 Å². The summed E-state index contributed by atoms with van der Waals surface area (Å²) in [6.45, 7) is 5.26. The molecule has 0 fully saturated rings. The van der Waals surface area contributed by atoms with Crippen LogP contribution in [0.1, 0.15) is 35.5 Å². The largest absolute Gasteiger partial charge is 0.480 e. The molecule has 0 bridgehead atoms. The third kappa shape index (κ3) is 4.80. The molecule has 0 spiro atoms. The van der Waals surface area contributed by atoms with Crippen molar-refractivity contribution in [3.8, 4) is 0 Å². The lowest BCUT2D eigenvalue weighted by Crippen LogP contribution is -2.41. The standard InChI is InChI=1S/C12H18N2O5S2/c1-6(2)4-8(12(16)17)14-11(15)10-7(3)5-9(20-10)21(13,18)19/h5-6,8H,4H2,1-3H3,(H,14,15)(H,16,17)(H2,13,18,19)/t8-/m0/s1. The number of rotatable bonds is 6. The van der Waals surface area contributed by atoms with E-state index < -0.39 is 27.9 Å². The summed E-state index contributed by atoms with van der Waals surface area (Å²) in [6.07, 6.45) is 0.285. The maximum Gasteiger partial charge on any atom is 0.326 e. The average molecular weight is 334 g/mol. The smallest absolute Gasteiger partial charge is 0.326 e. The zero-order valence-corrected chi connectivity index (χ0v) is 13.5. The number of hydrogen-bond donors (Lipinski definition) is 3. The average Bonchev–Trinajstić information content (AvgIpc) is 2.69. The highest BCUT2D eigenvalue weighted by molar-refractivity contribution is 7.91. The molecule has 0 radical (unpaired) electrons. The maximum atomic E-state index is 12.1. The number of aryl methyl sites for hydroxylation is 1. The Morgan fingerprint density at radius 3 is 2.38 bits per heavy atom. The molecule has 118 valence electrons. The van der Waals surface area contributed by atoms with Crippen LogP contribution in [0.5, 0.6) is 0 Å². The van der Waals surface area contributed by atoms with Gasteiger partial charge >= 0.3 is 5.97 Å². The first-order valence-electron chi connectivity index (χ1n) is 6.19. The number of amides is 1. The van der Waals surface area contributed by atoms with Crippen LogP contribution < -0.4 is 10.5 Å². The van der Waals surface area contributed by atoms with Gasteiger partial charge in [-0.1, -0.05) is 13.8 Å². The Morgan fingerprint density at radius 1 is 1.43 bits per heavy atom. The minimum Gasteiger partial charge on any atom is -0.480 e. The van der Waals surface area contributed by atoms with E-state index in [9.17, 15) is 18.0 Å². The number of nitrogens with one attached hydrogen (secondary N) is 1. The fourth-order valence-electron chi connectivity index (χ4n) is 1.74. The molecule has 1 atom stereocenters. The molecule has 7 nitrogen and oxygen atoms in total. The second kappa shape index (κ2) is 6.54. The second-order valence-corrected chi connectivity index (χ2v) is 7.96. The number of aliphatic carboxylic acids is 1. The van der Waals surface area contributed by atoms with Crippen molar-refractivity contribution >= 4 is 33.2 Å². The van der Waals surface area contributed by atoms with Crippen LogP contribution in [-0.4, -0.2) is 31.4 Å². The van der Waals surface area contributed by atoms with Gasteiger partial charge in [-0.15, -0.1) is 11.3 Å². The van der Waals surface area contributed by atoms with Crippen molar-refractivity contribution in [1.82, 2.24) is 5.32 Å². The van der Waals surface area contributed by atoms with Crippen molar-refractivity contribution in [2.75, 3.05) is 0 Å². The van der Waals surface area contributed by atoms with Crippen LogP contribution in [0.15, 0.2) is 10.3 Å². The van der Waals surface area contributed by atoms with Crippen LogP contribution in [0.25, 0.3) is 0 Å². The zero-order valence-electron chi connectivity index (χ0n) is 11.9. The number of sulfonamides is 1. The van der Waals surface area contributed by atoms with E-state index in [4.69, 9.17) is 10.2 Å². The van der Waals surface area contributed by atoms with Gasteiger partial charge in [-0.3, -0.25) is 4.79 Å². The number of thiophene rings is 1. The topological polar surface area (TPSA) is 127 Å². The molecular weight excluding hydrogens is 316 g/mol. The molecule has 1 amide bonds. The molecule has 1 aromatic heterocycles. The first kappa shape index (κ1) is 17.6. The number of primary sulfonamides is 1. The molecule has 9 heteroatoms. The van der Waals surface area contributed by atoms with Crippen molar-refractivity contribution in [1.29, 1.82) is 0 Å². The Labute approximate surface area is 127 Å². The lowest BCUT2D eigenvalue weighted by Gasteiger charge is -2.16. The molecule has 1 rings (SSSR count). The molecule has 0 aliphatic carbocycles. The molecule has 1 heterocycles. The van der Waals surface area contributed by atoms with E-state index in [1.807, 2.05) is 13.8 Å². The van der Waals surface area contributed by atoms with E-state index in [2.05, 4.69) is 5.32 Å². The molecule has 0 aliphatic heterocycles. The minimum absolute atomic E-state index is 0.0933. The number of carbonyl (C=O) groups is 2. The fraction of sp³-hybridized carbons (Fsp3) is 0.500. The van der Waals surface area contributed by atoms with Crippen LogP contribution in [0.3, 0.4) is 0 Å². The lowest BCUT2D eigenvalue weighted by atomic mass is 10.0. The summed E-state index contributed by atoms with van der Waals surface area (Å²) < 4.78 is 22.4. The maximum absolute atomic E-state index is 12.1. The van der Waals surface area contributed by atoms with Crippen LogP contribution >= 0.6 is 11.3 Å². The van der Waals surface area contributed by atoms with E-state index in [1.165, 1.54) is 6.07 Å². The van der Waals surface area contributed by atoms with Crippen molar-refractivity contribution < 1.29 is 23.1 Å². The quantitative estimate of drug-likeness (QED) is 0.713. The summed E-state index contributed by atoms with van der Waals surface area (Å²) in [5, 5.41) is 16.5. The SMILES string of the molecule is Cc1cc(S(N)(=O)=O)sc1C(=O)N[C@@H](CC(C)C)C(=O)O. The number of carboxylic acid groups (broad SMARTS) is 1. The Balaban J connectivity index is 2.98. The summed E-state index contributed by atoms with van der Waals surface area (Å²) >= 11 is 0.729. The summed E-state index contributed by atoms with van der Waals surface area (Å²) in [7, 11) is -3.88. The lowest BCUT2D eigenvalue weighted by molar-refractivity contribution is -0.139. The normalized spacial score (nSPS) is 13.2. The van der Waals surface area contributed by atoms with Gasteiger partial charge in [0.2, 0.25) is 10.0 Å². The Kier molecular flexibility index (Phi) is 5.48. The second-order valence-electron chi connectivity index (χ2n) is 5.12. The van der Waals surface area contributed by atoms with Gasteiger partial charge in [0.05, 0.1) is 4.88 Å². The van der Waals surface area contributed by atoms with Crippen molar-refractivity contribution in [2.45, 2.75) is 37.4 Å². The molecule has 4 N–H and O–H groups in total. The van der Waals surface area contributed by atoms with E-state index in [1.54, 1.807) is 6.92 Å². The van der Waals surface area contributed by atoms with Crippen LogP contribution in [-0.2, 0) is 14.8 Å². The highest BCUT2D eigenvalue weighted by atomic mass is 32.2. The molecule has 0 saturated carbocycles. The first-order valence-corrected chi connectivity index (χ1v) is 8.55. The highest BCUT2D eigenvalue weighted by Crippen LogP contribution is 2.25. The van der Waals surface area contributed by atoms with Crippen LogP contribution in [0.4, 0.5) is 0 Å². The predicted molar refractivity (Wildman–Crippen MR) is 78.8 cm³/mol. The molecule has 0 saturated heterocycles. The van der Waals surface area contributed by atoms with Gasteiger partial charge in [-0.2, -0.15) is 0 Å². The highest BCUT2D eigenvalue weighted by Gasteiger charge is 2.25. The fourth-order valence-corrected chi connectivity index (χ4v) is 3.60. The van der Waals surface area contributed by atoms with E-state index >= 15 is 0 Å². The summed E-state index contributed by atoms with van der Waals surface area (Å²) in [5.41, 5.74) is 0.440. The van der Waals surface area contributed by atoms with Gasteiger partial charge < -0.3 is 10.4 Å². The Bertz CT molecular complexity index is 649. The Hall–Kier alpha value is -1.45. The molecule has 21 heavy (non-hydrogen) atoms. The summed E-state index contributed by atoms with van der Waals surface area (Å²) in [6, 6.07) is 0.282. The van der Waals surface area contributed by atoms with Gasteiger partial charge in [0.25, 0.3) is 5.91 Å². The van der Waals surface area contributed by atoms with Crippen molar-refractivity contribution in [3.63, 3.8) is 0 Å². The molecule has 0 unspecified atom stereocenters. The number of carboxylic acids is 1. The third-order valence-electron chi connectivity index (χ3n) is 2.69. The van der Waals surface area contributed by atoms with Gasteiger partial charge in [0, 0.05) is 0 Å². The molecule has 0 aliphatic rings. The first-order chi connectivity index (χ1) is 9.52. The monoisotopic (exact) mass is 334 g/mol. The minimum atomic E-state index is -3.88. The number of hydrogen-bond acceptors (Lipinski definition) is 5. The van der Waals surface area contributed by atoms with Gasteiger partial charge in [-0.05, 0) is 30.9 Å². The Morgan fingerprint density at radius 2 is 2.00 bits per heavy atom. The van der Waals surface area contributed by atoms with Crippen LogP contribution in [0, 0.1) is 12.8 Å². The van der Waals surface area contributed by atoms with E-state index in [-0.39, 0.29) is 21.4 Å². The van der Waals surface area contributed by atoms with Crippen molar-refractivity contribution in [3.05, 3.63) is 16.5 Å². The zero-order chi connectivity index (χ0) is 16.4. The number of carbonyl (C=O) groups excluding carboxylic acids is 1.